The summed E-state index contributed by atoms with van der Waals surface area (Å²) in [7, 11) is 0. The number of nitrogens with zero attached hydrogens (tertiary/aromatic N) is 1. The first kappa shape index (κ1) is 13.8. The van der Waals surface area contributed by atoms with Crippen LogP contribution in [0.15, 0.2) is 5.38 Å². The van der Waals surface area contributed by atoms with E-state index in [9.17, 15) is 4.79 Å². The number of amides is 1. The van der Waals surface area contributed by atoms with Crippen LogP contribution in [0.25, 0.3) is 0 Å². The van der Waals surface area contributed by atoms with E-state index in [4.69, 9.17) is 21.1 Å². The highest BCUT2D eigenvalue weighted by Crippen LogP contribution is 2.31. The summed E-state index contributed by atoms with van der Waals surface area (Å²) in [6, 6.07) is 0. The summed E-state index contributed by atoms with van der Waals surface area (Å²) in [6.45, 7) is 5.54. The number of carbonyl (C=O) groups excluding carboxylic acids is 1. The van der Waals surface area contributed by atoms with Gasteiger partial charge in [-0.05, 0) is 24.8 Å². The molecule has 100 valence electrons. The number of hydrogen-bond donors (Lipinski definition) is 0. The summed E-state index contributed by atoms with van der Waals surface area (Å²) in [6.07, 6.45) is -0.351. The molecule has 18 heavy (non-hydrogen) atoms. The second-order valence-corrected chi connectivity index (χ2v) is 5.48. The molecule has 1 fully saturated rings. The van der Waals surface area contributed by atoms with Crippen LogP contribution in [-0.4, -0.2) is 37.8 Å². The summed E-state index contributed by atoms with van der Waals surface area (Å²) in [5.74, 6) is -0.165. The van der Waals surface area contributed by atoms with Gasteiger partial charge >= 0.3 is 0 Å². The summed E-state index contributed by atoms with van der Waals surface area (Å²) < 4.78 is 10.8. The SMILES string of the molecule is Cc1csc(C)c1N(CC1OCCO1)C(=O)CCl. The average molecular weight is 290 g/mol. The average Bonchev–Trinajstić information content (AvgIpc) is 2.97. The highest BCUT2D eigenvalue weighted by atomic mass is 35.5. The van der Waals surface area contributed by atoms with Gasteiger partial charge in [-0.2, -0.15) is 0 Å². The maximum absolute atomic E-state index is 12.0. The first-order chi connectivity index (χ1) is 8.63. The largest absolute Gasteiger partial charge is 0.348 e. The van der Waals surface area contributed by atoms with Crippen molar-refractivity contribution in [2.45, 2.75) is 20.1 Å². The predicted molar refractivity (Wildman–Crippen MR) is 72.6 cm³/mol. The van der Waals surface area contributed by atoms with Crippen LogP contribution in [0.3, 0.4) is 0 Å². The van der Waals surface area contributed by atoms with Crippen LogP contribution in [0.1, 0.15) is 10.4 Å². The summed E-state index contributed by atoms with van der Waals surface area (Å²) in [5.41, 5.74) is 2.01. The lowest BCUT2D eigenvalue weighted by Crippen LogP contribution is -2.39. The lowest BCUT2D eigenvalue weighted by Gasteiger charge is -2.25. The van der Waals surface area contributed by atoms with Gasteiger partial charge < -0.3 is 14.4 Å². The number of aryl methyl sites for hydroxylation is 2. The molecule has 1 aromatic rings. The third-order valence-corrected chi connectivity index (χ3v) is 4.07. The van der Waals surface area contributed by atoms with Crippen molar-refractivity contribution in [1.29, 1.82) is 0 Å². The van der Waals surface area contributed by atoms with Crippen molar-refractivity contribution in [2.75, 3.05) is 30.5 Å². The fourth-order valence-corrected chi connectivity index (χ4v) is 3.01. The lowest BCUT2D eigenvalue weighted by atomic mass is 10.2. The third-order valence-electron chi connectivity index (χ3n) is 2.83. The number of rotatable bonds is 4. The van der Waals surface area contributed by atoms with Crippen molar-refractivity contribution in [3.8, 4) is 0 Å². The molecule has 1 aliphatic rings. The van der Waals surface area contributed by atoms with Crippen molar-refractivity contribution in [3.63, 3.8) is 0 Å². The summed E-state index contributed by atoms with van der Waals surface area (Å²) in [4.78, 5) is 14.8. The third kappa shape index (κ3) is 2.85. The van der Waals surface area contributed by atoms with Gasteiger partial charge in [0.15, 0.2) is 6.29 Å². The van der Waals surface area contributed by atoms with Crippen molar-refractivity contribution < 1.29 is 14.3 Å². The molecule has 1 aromatic heterocycles. The van der Waals surface area contributed by atoms with Gasteiger partial charge in [0.25, 0.3) is 0 Å². The van der Waals surface area contributed by atoms with Gasteiger partial charge in [0.05, 0.1) is 25.4 Å². The molecule has 1 aliphatic heterocycles. The molecule has 2 rings (SSSR count). The van der Waals surface area contributed by atoms with E-state index in [1.54, 1.807) is 16.2 Å². The Kier molecular flexibility index (Phi) is 4.61. The van der Waals surface area contributed by atoms with Crippen molar-refractivity contribution in [3.05, 3.63) is 15.8 Å². The molecule has 0 radical (unpaired) electrons. The number of anilines is 1. The Bertz CT molecular complexity index is 409. The van der Waals surface area contributed by atoms with Crippen LogP contribution in [0, 0.1) is 13.8 Å². The number of alkyl halides is 1. The Morgan fingerprint density at radius 1 is 1.50 bits per heavy atom. The Balaban J connectivity index is 2.21. The lowest BCUT2D eigenvalue weighted by molar-refractivity contribution is -0.117. The molecule has 0 unspecified atom stereocenters. The zero-order valence-electron chi connectivity index (χ0n) is 10.4. The van der Waals surface area contributed by atoms with Gasteiger partial charge in [-0.1, -0.05) is 0 Å². The minimum absolute atomic E-state index is 0.0402. The zero-order chi connectivity index (χ0) is 13.1. The fourth-order valence-electron chi connectivity index (χ4n) is 2.02. The van der Waals surface area contributed by atoms with E-state index in [2.05, 4.69) is 0 Å². The topological polar surface area (TPSA) is 38.8 Å². The van der Waals surface area contributed by atoms with E-state index >= 15 is 0 Å². The fraction of sp³-hybridized carbons (Fsp3) is 0.583. The van der Waals surface area contributed by atoms with Gasteiger partial charge in [-0.3, -0.25) is 4.79 Å². The van der Waals surface area contributed by atoms with Gasteiger partial charge in [0, 0.05) is 4.88 Å². The monoisotopic (exact) mass is 289 g/mol. The molecule has 0 atom stereocenters. The van der Waals surface area contributed by atoms with E-state index < -0.39 is 0 Å². The summed E-state index contributed by atoms with van der Waals surface area (Å²) in [5, 5.41) is 2.04. The summed E-state index contributed by atoms with van der Waals surface area (Å²) >= 11 is 7.31. The van der Waals surface area contributed by atoms with E-state index in [-0.39, 0.29) is 18.1 Å². The highest BCUT2D eigenvalue weighted by Gasteiger charge is 2.26. The van der Waals surface area contributed by atoms with Gasteiger partial charge in [0.2, 0.25) is 5.91 Å². The number of thiophene rings is 1. The molecule has 2 heterocycles. The molecule has 0 saturated carbocycles. The molecule has 0 N–H and O–H groups in total. The maximum Gasteiger partial charge on any atom is 0.242 e. The molecule has 6 heteroatoms. The molecule has 4 nitrogen and oxygen atoms in total. The van der Waals surface area contributed by atoms with E-state index in [1.807, 2.05) is 19.2 Å². The smallest absolute Gasteiger partial charge is 0.242 e. The molecule has 0 aromatic carbocycles. The zero-order valence-corrected chi connectivity index (χ0v) is 12.0. The molecule has 0 bridgehead atoms. The normalized spacial score (nSPS) is 16.2. The van der Waals surface area contributed by atoms with Crippen molar-refractivity contribution in [2.24, 2.45) is 0 Å². The predicted octanol–water partition coefficient (Wildman–Crippen LogP) is 2.31. The van der Waals surface area contributed by atoms with Crippen LogP contribution in [0.5, 0.6) is 0 Å². The first-order valence-corrected chi connectivity index (χ1v) is 7.19. The van der Waals surface area contributed by atoms with Crippen LogP contribution in [0.2, 0.25) is 0 Å². The number of hydrogen-bond acceptors (Lipinski definition) is 4. The second-order valence-electron chi connectivity index (χ2n) is 4.13. The van der Waals surface area contributed by atoms with E-state index in [0.717, 1.165) is 16.1 Å². The molecular formula is C12H16ClNO3S. The van der Waals surface area contributed by atoms with Gasteiger partial charge in [-0.15, -0.1) is 22.9 Å². The van der Waals surface area contributed by atoms with Crippen LogP contribution in [0.4, 0.5) is 5.69 Å². The van der Waals surface area contributed by atoms with Crippen molar-refractivity contribution >= 4 is 34.5 Å². The second kappa shape index (κ2) is 6.02. The van der Waals surface area contributed by atoms with Crippen LogP contribution in [-0.2, 0) is 14.3 Å². The molecule has 0 spiro atoms. The van der Waals surface area contributed by atoms with E-state index in [0.29, 0.717) is 19.8 Å². The van der Waals surface area contributed by atoms with Gasteiger partial charge in [0.1, 0.15) is 5.88 Å². The van der Waals surface area contributed by atoms with E-state index in [1.165, 1.54) is 0 Å². The van der Waals surface area contributed by atoms with Crippen LogP contribution >= 0.6 is 22.9 Å². The number of halogens is 1. The van der Waals surface area contributed by atoms with Gasteiger partial charge in [-0.25, -0.2) is 0 Å². The Labute approximate surface area is 115 Å². The van der Waals surface area contributed by atoms with Crippen LogP contribution < -0.4 is 4.90 Å². The number of carbonyl (C=O) groups is 1. The Morgan fingerprint density at radius 3 is 2.67 bits per heavy atom. The first-order valence-electron chi connectivity index (χ1n) is 5.77. The number of ether oxygens (including phenoxy) is 2. The quantitative estimate of drug-likeness (QED) is 0.799. The molecule has 1 saturated heterocycles. The minimum atomic E-state index is -0.351. The highest BCUT2D eigenvalue weighted by molar-refractivity contribution is 7.10. The standard InChI is InChI=1S/C12H16ClNO3S/c1-8-7-18-9(2)12(8)14(10(15)5-13)6-11-16-3-4-17-11/h7,11H,3-6H2,1-2H3. The minimum Gasteiger partial charge on any atom is -0.348 e. The Morgan fingerprint density at radius 2 is 2.17 bits per heavy atom. The van der Waals surface area contributed by atoms with Crippen molar-refractivity contribution in [1.82, 2.24) is 0 Å². The Hall–Kier alpha value is -0.620. The molecule has 0 aliphatic carbocycles. The maximum atomic E-state index is 12.0. The molecule has 1 amide bonds. The molecular weight excluding hydrogens is 274 g/mol.